The number of rotatable bonds is 5. The second-order valence-corrected chi connectivity index (χ2v) is 8.00. The lowest BCUT2D eigenvalue weighted by atomic mass is 10.0. The van der Waals surface area contributed by atoms with E-state index in [1.807, 2.05) is 39.8 Å². The predicted molar refractivity (Wildman–Crippen MR) is 124 cm³/mol. The van der Waals surface area contributed by atoms with Gasteiger partial charge in [-0.25, -0.2) is 0 Å². The van der Waals surface area contributed by atoms with E-state index < -0.39 is 11.8 Å². The summed E-state index contributed by atoms with van der Waals surface area (Å²) in [6.45, 7) is 7.85. The molecule has 5 nitrogen and oxygen atoms in total. The molecule has 0 saturated carbocycles. The van der Waals surface area contributed by atoms with Crippen LogP contribution in [-0.2, 0) is 9.59 Å². The Morgan fingerprint density at radius 2 is 1.97 bits per heavy atom. The van der Waals surface area contributed by atoms with E-state index >= 15 is 0 Å². The number of hydrogen-bond donors (Lipinski definition) is 1. The number of carbonyl (C=O) groups is 2. The van der Waals surface area contributed by atoms with Crippen LogP contribution in [0.15, 0.2) is 42.0 Å². The first kappa shape index (κ1) is 22.0. The van der Waals surface area contributed by atoms with Gasteiger partial charge in [0.2, 0.25) is 0 Å². The average Bonchev–Trinajstić information content (AvgIpc) is 2.70. The summed E-state index contributed by atoms with van der Waals surface area (Å²) >= 11 is 11.6. The molecule has 1 N–H and O–H groups in total. The molecule has 1 atom stereocenters. The highest BCUT2D eigenvalue weighted by molar-refractivity contribution is 7.80. The van der Waals surface area contributed by atoms with Crippen molar-refractivity contribution in [3.63, 3.8) is 0 Å². The Balaban J connectivity index is 1.97. The number of halogens is 1. The van der Waals surface area contributed by atoms with Crippen LogP contribution in [0, 0.1) is 13.8 Å². The molecule has 0 spiro atoms. The highest BCUT2D eigenvalue weighted by atomic mass is 35.5. The van der Waals surface area contributed by atoms with Gasteiger partial charge in [-0.1, -0.05) is 36.7 Å². The van der Waals surface area contributed by atoms with Crippen molar-refractivity contribution in [1.82, 2.24) is 5.32 Å². The number of carbonyl (C=O) groups excluding carboxylic acids is 2. The smallest absolute Gasteiger partial charge is 0.270 e. The molecule has 156 valence electrons. The minimum absolute atomic E-state index is 0.0174. The van der Waals surface area contributed by atoms with Crippen molar-refractivity contribution in [1.29, 1.82) is 0 Å². The number of thiocarbonyl (C=S) groups is 1. The first-order valence-corrected chi connectivity index (χ1v) is 10.5. The lowest BCUT2D eigenvalue weighted by Crippen LogP contribution is -2.54. The Morgan fingerprint density at radius 1 is 1.23 bits per heavy atom. The van der Waals surface area contributed by atoms with Crippen molar-refractivity contribution < 1.29 is 14.3 Å². The average molecular weight is 443 g/mol. The summed E-state index contributed by atoms with van der Waals surface area (Å²) < 4.78 is 5.77. The second kappa shape index (κ2) is 8.98. The van der Waals surface area contributed by atoms with E-state index in [9.17, 15) is 9.59 Å². The maximum absolute atomic E-state index is 13.2. The molecule has 2 aromatic carbocycles. The summed E-state index contributed by atoms with van der Waals surface area (Å²) in [7, 11) is 0. The first-order valence-electron chi connectivity index (χ1n) is 9.66. The third-order valence-corrected chi connectivity index (χ3v) is 5.67. The number of ether oxygens (including phenoxy) is 1. The molecule has 30 heavy (non-hydrogen) atoms. The van der Waals surface area contributed by atoms with E-state index in [0.717, 1.165) is 17.5 Å². The third-order valence-electron chi connectivity index (χ3n) is 5.09. The maximum Gasteiger partial charge on any atom is 0.270 e. The molecule has 1 aliphatic rings. The summed E-state index contributed by atoms with van der Waals surface area (Å²) in [4.78, 5) is 27.1. The highest BCUT2D eigenvalue weighted by Gasteiger charge is 2.35. The molecule has 1 fully saturated rings. The van der Waals surface area contributed by atoms with Gasteiger partial charge in [-0.2, -0.15) is 0 Å². The van der Waals surface area contributed by atoms with E-state index in [4.69, 9.17) is 28.6 Å². The van der Waals surface area contributed by atoms with E-state index in [1.54, 1.807) is 24.3 Å². The lowest BCUT2D eigenvalue weighted by Gasteiger charge is -2.30. The summed E-state index contributed by atoms with van der Waals surface area (Å²) in [5.74, 6) is -0.457. The van der Waals surface area contributed by atoms with Crippen molar-refractivity contribution in [3.05, 3.63) is 63.7 Å². The summed E-state index contributed by atoms with van der Waals surface area (Å²) in [5, 5.41) is 3.08. The largest absolute Gasteiger partial charge is 0.489 e. The van der Waals surface area contributed by atoms with Gasteiger partial charge in [-0.3, -0.25) is 19.8 Å². The summed E-state index contributed by atoms with van der Waals surface area (Å²) in [6, 6.07) is 10.8. The molecule has 0 aliphatic carbocycles. The topological polar surface area (TPSA) is 58.6 Å². The van der Waals surface area contributed by atoms with Crippen molar-refractivity contribution in [3.8, 4) is 5.75 Å². The van der Waals surface area contributed by atoms with Gasteiger partial charge in [0.25, 0.3) is 11.8 Å². The number of hydrogen-bond acceptors (Lipinski definition) is 4. The molecule has 0 unspecified atom stereocenters. The van der Waals surface area contributed by atoms with Crippen LogP contribution in [0.2, 0.25) is 5.02 Å². The Labute approximate surface area is 186 Å². The van der Waals surface area contributed by atoms with Crippen LogP contribution in [0.3, 0.4) is 0 Å². The molecule has 1 aliphatic heterocycles. The van der Waals surface area contributed by atoms with Crippen LogP contribution in [-0.4, -0.2) is 23.0 Å². The molecule has 2 amide bonds. The number of aryl methyl sites for hydroxylation is 1. The molecule has 7 heteroatoms. The normalized spacial score (nSPS) is 16.6. The van der Waals surface area contributed by atoms with E-state index in [1.165, 1.54) is 11.0 Å². The van der Waals surface area contributed by atoms with Gasteiger partial charge >= 0.3 is 0 Å². The second-order valence-electron chi connectivity index (χ2n) is 7.20. The van der Waals surface area contributed by atoms with Crippen LogP contribution in [0.4, 0.5) is 5.69 Å². The predicted octanol–water partition coefficient (Wildman–Crippen LogP) is 4.97. The van der Waals surface area contributed by atoms with E-state index in [-0.39, 0.29) is 16.8 Å². The van der Waals surface area contributed by atoms with Crippen LogP contribution in [0.1, 0.15) is 37.0 Å². The first-order chi connectivity index (χ1) is 14.2. The van der Waals surface area contributed by atoms with Gasteiger partial charge in [-0.05, 0) is 80.4 Å². The number of anilines is 1. The van der Waals surface area contributed by atoms with E-state index in [2.05, 4.69) is 5.32 Å². The Hall–Kier alpha value is -2.70. The number of benzene rings is 2. The molecule has 2 aromatic rings. The maximum atomic E-state index is 13.2. The number of amides is 2. The van der Waals surface area contributed by atoms with Gasteiger partial charge in [-0.15, -0.1) is 0 Å². The van der Waals surface area contributed by atoms with Crippen molar-refractivity contribution in [2.75, 3.05) is 4.90 Å². The molecule has 1 saturated heterocycles. The van der Waals surface area contributed by atoms with Crippen LogP contribution < -0.4 is 15.0 Å². The lowest BCUT2D eigenvalue weighted by molar-refractivity contribution is -0.122. The van der Waals surface area contributed by atoms with Crippen molar-refractivity contribution in [2.24, 2.45) is 0 Å². The zero-order chi connectivity index (χ0) is 22.0. The number of nitrogens with zero attached hydrogens (tertiary/aromatic N) is 1. The fraction of sp³-hybridized carbons (Fsp3) is 0.261. The molecule has 0 aromatic heterocycles. The van der Waals surface area contributed by atoms with Gasteiger partial charge < -0.3 is 4.74 Å². The highest BCUT2D eigenvalue weighted by Crippen LogP contribution is 2.30. The third kappa shape index (κ3) is 4.40. The molecule has 1 heterocycles. The van der Waals surface area contributed by atoms with Crippen LogP contribution in [0.25, 0.3) is 6.08 Å². The monoisotopic (exact) mass is 442 g/mol. The minimum Gasteiger partial charge on any atom is -0.489 e. The number of nitrogens with one attached hydrogen (secondary N) is 1. The van der Waals surface area contributed by atoms with Gasteiger partial charge in [0.1, 0.15) is 11.3 Å². The SMILES string of the molecule is CC[C@H](C)Oc1ccc(/C=C2\C(=O)NC(=S)N(c3cccc(C)c3C)C2=O)cc1Cl. The molecule has 0 radical (unpaired) electrons. The van der Waals surface area contributed by atoms with Crippen molar-refractivity contribution >= 4 is 52.5 Å². The fourth-order valence-corrected chi connectivity index (χ4v) is 3.53. The Kier molecular flexibility index (Phi) is 6.58. The molecular formula is C23H23ClN2O3S. The summed E-state index contributed by atoms with van der Waals surface area (Å²) in [6.07, 6.45) is 2.39. The van der Waals surface area contributed by atoms with Crippen LogP contribution >= 0.6 is 23.8 Å². The molecule has 3 rings (SSSR count). The van der Waals surface area contributed by atoms with Gasteiger partial charge in [0.15, 0.2) is 5.11 Å². The quantitative estimate of drug-likeness (QED) is 0.403. The Bertz CT molecular complexity index is 1060. The zero-order valence-electron chi connectivity index (χ0n) is 17.3. The minimum atomic E-state index is -0.539. The molecule has 0 bridgehead atoms. The van der Waals surface area contributed by atoms with Crippen molar-refractivity contribution in [2.45, 2.75) is 40.2 Å². The summed E-state index contributed by atoms with van der Waals surface area (Å²) in [5.41, 5.74) is 3.18. The van der Waals surface area contributed by atoms with Gasteiger partial charge in [0, 0.05) is 0 Å². The van der Waals surface area contributed by atoms with E-state index in [0.29, 0.717) is 22.0 Å². The molecular weight excluding hydrogens is 420 g/mol. The van der Waals surface area contributed by atoms with Gasteiger partial charge in [0.05, 0.1) is 16.8 Å². The fourth-order valence-electron chi connectivity index (χ4n) is 3.02. The Morgan fingerprint density at radius 3 is 2.63 bits per heavy atom. The zero-order valence-corrected chi connectivity index (χ0v) is 18.9. The standard InChI is InChI=1S/C23H23ClN2O3S/c1-5-14(3)29-20-10-9-16(12-18(20)24)11-17-21(27)25-23(30)26(22(17)28)19-8-6-7-13(2)15(19)4/h6-12,14H,5H2,1-4H3,(H,25,27,30)/b17-11+/t14-/m0/s1. The van der Waals surface area contributed by atoms with Crippen LogP contribution in [0.5, 0.6) is 5.75 Å².